The first kappa shape index (κ1) is 22.5. The molecule has 1 fully saturated rings. The van der Waals surface area contributed by atoms with Gasteiger partial charge in [-0.25, -0.2) is 4.89 Å². The molecular formula is C20H32O6. The highest BCUT2D eigenvalue weighted by Crippen LogP contribution is 2.33. The van der Waals surface area contributed by atoms with Gasteiger partial charge >= 0.3 is 5.97 Å². The first-order valence-electron chi connectivity index (χ1n) is 9.50. The number of aliphatic hydroxyl groups is 1. The summed E-state index contributed by atoms with van der Waals surface area (Å²) in [5, 5.41) is 27.2. The van der Waals surface area contributed by atoms with Crippen molar-refractivity contribution >= 4 is 11.8 Å². The summed E-state index contributed by atoms with van der Waals surface area (Å²) >= 11 is 0. The summed E-state index contributed by atoms with van der Waals surface area (Å²) in [5.74, 6) is -1.04. The van der Waals surface area contributed by atoms with E-state index in [1.807, 2.05) is 31.2 Å². The van der Waals surface area contributed by atoms with Crippen LogP contribution in [0.3, 0.4) is 0 Å². The van der Waals surface area contributed by atoms with Crippen molar-refractivity contribution in [3.05, 3.63) is 24.3 Å². The lowest BCUT2D eigenvalue weighted by Crippen LogP contribution is -2.17. The van der Waals surface area contributed by atoms with Gasteiger partial charge in [0.25, 0.3) is 0 Å². The van der Waals surface area contributed by atoms with Crippen molar-refractivity contribution in [1.29, 1.82) is 0 Å². The van der Waals surface area contributed by atoms with Gasteiger partial charge in [0.1, 0.15) is 5.78 Å². The number of rotatable bonds is 13. The van der Waals surface area contributed by atoms with E-state index in [1.54, 1.807) is 0 Å². The smallest absolute Gasteiger partial charge is 0.303 e. The minimum atomic E-state index is -0.795. The van der Waals surface area contributed by atoms with E-state index >= 15 is 0 Å². The second kappa shape index (κ2) is 12.8. The van der Waals surface area contributed by atoms with Gasteiger partial charge in [-0.2, -0.15) is 0 Å². The Bertz CT molecular complexity index is 485. The standard InChI is InChI=1S/C20H32O6/c1-15(26-25)10-6-2-3-7-11-16-17(19(22)14-18(16)21)12-8-4-5-9-13-20(23)24/h4,7-8,11,15-18,21,25H,2-3,5-6,9-10,12-14H2,1H3,(H,23,24)/b8-4-,11-7+/t15?,16-,17-,18-/m1/s1. The van der Waals surface area contributed by atoms with Gasteiger partial charge in [0.15, 0.2) is 0 Å². The second-order valence-corrected chi connectivity index (χ2v) is 7.04. The number of carboxylic acids is 1. The van der Waals surface area contributed by atoms with Gasteiger partial charge < -0.3 is 10.2 Å². The van der Waals surface area contributed by atoms with E-state index in [1.165, 1.54) is 0 Å². The molecule has 0 heterocycles. The molecule has 4 atom stereocenters. The summed E-state index contributed by atoms with van der Waals surface area (Å²) in [6.45, 7) is 1.82. The Hall–Kier alpha value is -1.50. The highest BCUT2D eigenvalue weighted by Gasteiger charge is 2.38. The van der Waals surface area contributed by atoms with Crippen LogP contribution in [0, 0.1) is 11.8 Å². The molecule has 1 aliphatic carbocycles. The molecule has 1 rings (SSSR count). The maximum absolute atomic E-state index is 12.1. The number of Topliss-reactive ketones (excluding diaryl/α,β-unsaturated/α-hetero) is 1. The number of hydrogen-bond donors (Lipinski definition) is 3. The number of ketones is 1. The van der Waals surface area contributed by atoms with Crippen LogP contribution in [0.2, 0.25) is 0 Å². The molecule has 0 saturated heterocycles. The average molecular weight is 368 g/mol. The lowest BCUT2D eigenvalue weighted by molar-refractivity contribution is -0.275. The van der Waals surface area contributed by atoms with E-state index < -0.39 is 12.1 Å². The summed E-state index contributed by atoms with van der Waals surface area (Å²) in [4.78, 5) is 26.8. The number of carboxylic acid groups (broad SMARTS) is 1. The van der Waals surface area contributed by atoms with Crippen LogP contribution >= 0.6 is 0 Å². The molecule has 1 aliphatic rings. The van der Waals surface area contributed by atoms with E-state index in [2.05, 4.69) is 4.89 Å². The van der Waals surface area contributed by atoms with E-state index in [4.69, 9.17) is 10.4 Å². The van der Waals surface area contributed by atoms with Gasteiger partial charge in [-0.05, 0) is 45.4 Å². The third-order valence-electron chi connectivity index (χ3n) is 4.82. The van der Waals surface area contributed by atoms with Gasteiger partial charge in [-0.3, -0.25) is 14.8 Å². The molecule has 0 aromatic heterocycles. The molecule has 1 unspecified atom stereocenters. The number of carbonyl (C=O) groups is 2. The Labute approximate surface area is 155 Å². The van der Waals surface area contributed by atoms with Crippen LogP contribution in [0.15, 0.2) is 24.3 Å². The predicted octanol–water partition coefficient (Wildman–Crippen LogP) is 3.75. The Kier molecular flexibility index (Phi) is 11.1. The average Bonchev–Trinajstić information content (AvgIpc) is 2.86. The second-order valence-electron chi connectivity index (χ2n) is 7.04. The highest BCUT2D eigenvalue weighted by molar-refractivity contribution is 5.84. The van der Waals surface area contributed by atoms with E-state index in [9.17, 15) is 14.7 Å². The quantitative estimate of drug-likeness (QED) is 0.198. The van der Waals surface area contributed by atoms with Crippen LogP contribution in [-0.4, -0.2) is 39.4 Å². The molecule has 0 aromatic carbocycles. The number of allylic oxidation sites excluding steroid dienone is 3. The summed E-state index contributed by atoms with van der Waals surface area (Å²) in [6.07, 6.45) is 12.9. The molecule has 6 nitrogen and oxygen atoms in total. The first-order chi connectivity index (χ1) is 12.5. The van der Waals surface area contributed by atoms with Crippen LogP contribution in [0.1, 0.15) is 64.7 Å². The molecule has 0 spiro atoms. The third-order valence-corrected chi connectivity index (χ3v) is 4.82. The molecule has 3 N–H and O–H groups in total. The van der Waals surface area contributed by atoms with Crippen LogP contribution < -0.4 is 0 Å². The molecule has 1 saturated carbocycles. The maximum Gasteiger partial charge on any atom is 0.303 e. The largest absolute Gasteiger partial charge is 0.481 e. The number of hydrogen-bond acceptors (Lipinski definition) is 5. The fourth-order valence-corrected chi connectivity index (χ4v) is 3.26. The number of unbranched alkanes of at least 4 members (excludes halogenated alkanes) is 3. The zero-order valence-corrected chi connectivity index (χ0v) is 15.5. The first-order valence-corrected chi connectivity index (χ1v) is 9.50. The van der Waals surface area contributed by atoms with E-state index in [0.29, 0.717) is 19.3 Å². The van der Waals surface area contributed by atoms with Crippen molar-refractivity contribution < 1.29 is 29.9 Å². The molecule has 0 amide bonds. The SMILES string of the molecule is CC(CCCC/C=C/[C@H]1[C@H](O)CC(=O)[C@@H]1C/C=C\CCCC(=O)O)OO. The number of carbonyl (C=O) groups excluding carboxylic acids is 1. The Morgan fingerprint density at radius 3 is 2.65 bits per heavy atom. The minimum Gasteiger partial charge on any atom is -0.481 e. The zero-order chi connectivity index (χ0) is 19.4. The molecule has 0 bridgehead atoms. The molecule has 0 radical (unpaired) electrons. The van der Waals surface area contributed by atoms with Crippen molar-refractivity contribution in [3.63, 3.8) is 0 Å². The highest BCUT2D eigenvalue weighted by atomic mass is 17.1. The molecule has 0 aliphatic heterocycles. The molecular weight excluding hydrogens is 336 g/mol. The normalized spacial score (nSPS) is 24.7. The Morgan fingerprint density at radius 2 is 1.96 bits per heavy atom. The van der Waals surface area contributed by atoms with Crippen molar-refractivity contribution in [1.82, 2.24) is 0 Å². The Balaban J connectivity index is 2.36. The number of aliphatic carboxylic acids is 1. The van der Waals surface area contributed by atoms with Gasteiger partial charge in [0.05, 0.1) is 12.2 Å². The van der Waals surface area contributed by atoms with Crippen LogP contribution in [0.4, 0.5) is 0 Å². The monoisotopic (exact) mass is 368 g/mol. The van der Waals surface area contributed by atoms with Gasteiger partial charge in [-0.1, -0.05) is 30.7 Å². The Morgan fingerprint density at radius 1 is 1.23 bits per heavy atom. The van der Waals surface area contributed by atoms with Crippen molar-refractivity contribution in [3.8, 4) is 0 Å². The predicted molar refractivity (Wildman–Crippen MR) is 98.6 cm³/mol. The van der Waals surface area contributed by atoms with Crippen LogP contribution in [0.25, 0.3) is 0 Å². The summed E-state index contributed by atoms with van der Waals surface area (Å²) in [5.41, 5.74) is 0. The fraction of sp³-hybridized carbons (Fsp3) is 0.700. The maximum atomic E-state index is 12.1. The fourth-order valence-electron chi connectivity index (χ4n) is 3.26. The molecule has 6 heteroatoms. The summed E-state index contributed by atoms with van der Waals surface area (Å²) < 4.78 is 0. The van der Waals surface area contributed by atoms with Crippen molar-refractivity contribution in [2.75, 3.05) is 0 Å². The molecule has 26 heavy (non-hydrogen) atoms. The van der Waals surface area contributed by atoms with Gasteiger partial charge in [0.2, 0.25) is 0 Å². The minimum absolute atomic E-state index is 0.0938. The molecule has 148 valence electrons. The topological polar surface area (TPSA) is 104 Å². The zero-order valence-electron chi connectivity index (χ0n) is 15.5. The molecule has 0 aromatic rings. The lowest BCUT2D eigenvalue weighted by atomic mass is 9.90. The van der Waals surface area contributed by atoms with Crippen LogP contribution in [-0.2, 0) is 14.5 Å². The summed E-state index contributed by atoms with van der Waals surface area (Å²) in [7, 11) is 0. The van der Waals surface area contributed by atoms with Gasteiger partial charge in [0, 0.05) is 24.7 Å². The summed E-state index contributed by atoms with van der Waals surface area (Å²) in [6, 6.07) is 0. The lowest BCUT2D eigenvalue weighted by Gasteiger charge is -2.15. The third kappa shape index (κ3) is 8.74. The van der Waals surface area contributed by atoms with E-state index in [0.717, 1.165) is 25.7 Å². The van der Waals surface area contributed by atoms with E-state index in [-0.39, 0.29) is 36.6 Å². The van der Waals surface area contributed by atoms with Crippen LogP contribution in [0.5, 0.6) is 0 Å². The van der Waals surface area contributed by atoms with Gasteiger partial charge in [-0.15, -0.1) is 0 Å². The van der Waals surface area contributed by atoms with Crippen molar-refractivity contribution in [2.24, 2.45) is 11.8 Å². The van der Waals surface area contributed by atoms with Crippen molar-refractivity contribution in [2.45, 2.75) is 76.9 Å². The number of aliphatic hydroxyl groups excluding tert-OH is 1.